The van der Waals surface area contributed by atoms with Crippen LogP contribution in [0, 0.1) is 5.82 Å². The van der Waals surface area contributed by atoms with Crippen LogP contribution >= 0.6 is 11.8 Å². The molecule has 0 saturated heterocycles. The van der Waals surface area contributed by atoms with Crippen molar-refractivity contribution in [3.8, 4) is 0 Å². The first-order chi connectivity index (χ1) is 9.56. The van der Waals surface area contributed by atoms with Gasteiger partial charge in [0.05, 0.1) is 5.69 Å². The number of hydrogen-bond donors (Lipinski definition) is 1. The maximum atomic E-state index is 12.9. The Labute approximate surface area is 120 Å². The Bertz CT molecular complexity index is 672. The molecule has 1 unspecified atom stereocenters. The van der Waals surface area contributed by atoms with Crippen LogP contribution in [0.2, 0.25) is 0 Å². The van der Waals surface area contributed by atoms with Crippen LogP contribution in [0.3, 0.4) is 0 Å². The molecule has 0 saturated carbocycles. The first-order valence-electron chi connectivity index (χ1n) is 6.09. The number of hydrogen-bond acceptors (Lipinski definition) is 3. The molecule has 3 rings (SSSR count). The number of carbonyl (C=O) groups excluding carboxylic acids is 1. The quantitative estimate of drug-likeness (QED) is 0.924. The number of carbonyl (C=O) groups is 1. The highest BCUT2D eigenvalue weighted by atomic mass is 32.2. The van der Waals surface area contributed by atoms with Gasteiger partial charge < -0.3 is 10.0 Å². The van der Waals surface area contributed by atoms with Crippen molar-refractivity contribution in [3.05, 3.63) is 53.8 Å². The van der Waals surface area contributed by atoms with Crippen molar-refractivity contribution in [2.75, 3.05) is 11.9 Å². The summed E-state index contributed by atoms with van der Waals surface area (Å²) >= 11 is 1.48. The lowest BCUT2D eigenvalue weighted by molar-refractivity contribution is -0.125. The summed E-state index contributed by atoms with van der Waals surface area (Å²) in [4.78, 5) is 15.0. The van der Waals surface area contributed by atoms with E-state index in [0.717, 1.165) is 15.5 Å². The molecule has 1 N–H and O–H groups in total. The SMILES string of the molecule is CN1C(=O)C(O)c2ccc(Sc3ccc(F)cc3)cc21. The molecular formula is C15H12FNO2S. The number of aliphatic hydroxyl groups is 1. The predicted octanol–water partition coefficient (Wildman–Crippen LogP) is 2.99. The van der Waals surface area contributed by atoms with Gasteiger partial charge >= 0.3 is 0 Å². The Morgan fingerprint density at radius 1 is 1.15 bits per heavy atom. The Morgan fingerprint density at radius 2 is 1.80 bits per heavy atom. The van der Waals surface area contributed by atoms with Gasteiger partial charge in [0.2, 0.25) is 0 Å². The van der Waals surface area contributed by atoms with Gasteiger partial charge in [0.25, 0.3) is 5.91 Å². The first-order valence-corrected chi connectivity index (χ1v) is 6.91. The maximum absolute atomic E-state index is 12.9. The number of halogens is 1. The second kappa shape index (κ2) is 4.92. The summed E-state index contributed by atoms with van der Waals surface area (Å²) in [6.45, 7) is 0. The molecule has 0 radical (unpaired) electrons. The van der Waals surface area contributed by atoms with Crippen molar-refractivity contribution in [2.24, 2.45) is 0 Å². The molecule has 1 aliphatic heterocycles. The highest BCUT2D eigenvalue weighted by Gasteiger charge is 2.33. The fourth-order valence-corrected chi connectivity index (χ4v) is 3.03. The summed E-state index contributed by atoms with van der Waals surface area (Å²) in [5.41, 5.74) is 1.34. The van der Waals surface area contributed by atoms with E-state index in [0.29, 0.717) is 5.56 Å². The topological polar surface area (TPSA) is 40.5 Å². The van der Waals surface area contributed by atoms with Gasteiger partial charge in [-0.3, -0.25) is 4.79 Å². The van der Waals surface area contributed by atoms with Gasteiger partial charge in [0.15, 0.2) is 6.10 Å². The number of fused-ring (bicyclic) bond motifs is 1. The number of likely N-dealkylation sites (N-methyl/N-ethyl adjacent to an activating group) is 1. The first kappa shape index (κ1) is 13.1. The summed E-state index contributed by atoms with van der Waals surface area (Å²) in [6, 6.07) is 11.7. The molecular weight excluding hydrogens is 277 g/mol. The van der Waals surface area contributed by atoms with Crippen molar-refractivity contribution in [2.45, 2.75) is 15.9 Å². The normalized spacial score (nSPS) is 17.4. The molecule has 0 spiro atoms. The molecule has 1 aliphatic rings. The Balaban J connectivity index is 1.90. The summed E-state index contributed by atoms with van der Waals surface area (Å²) < 4.78 is 12.9. The fraction of sp³-hybridized carbons (Fsp3) is 0.133. The van der Waals surface area contributed by atoms with Crippen molar-refractivity contribution >= 4 is 23.4 Å². The molecule has 1 heterocycles. The van der Waals surface area contributed by atoms with E-state index in [2.05, 4.69) is 0 Å². The van der Waals surface area contributed by atoms with E-state index in [-0.39, 0.29) is 11.7 Å². The van der Waals surface area contributed by atoms with E-state index >= 15 is 0 Å². The summed E-state index contributed by atoms with van der Waals surface area (Å²) in [5.74, 6) is -0.583. The monoisotopic (exact) mass is 289 g/mol. The van der Waals surface area contributed by atoms with Gasteiger partial charge in [-0.05, 0) is 36.4 Å². The van der Waals surface area contributed by atoms with Crippen molar-refractivity contribution in [1.82, 2.24) is 0 Å². The van der Waals surface area contributed by atoms with Crippen LogP contribution in [0.4, 0.5) is 10.1 Å². The minimum atomic E-state index is -1.07. The van der Waals surface area contributed by atoms with Crippen LogP contribution in [0.1, 0.15) is 11.7 Å². The molecule has 2 aromatic carbocycles. The van der Waals surface area contributed by atoms with Crippen molar-refractivity contribution < 1.29 is 14.3 Å². The molecule has 0 fully saturated rings. The number of rotatable bonds is 2. The molecule has 0 bridgehead atoms. The number of anilines is 1. The van der Waals surface area contributed by atoms with E-state index < -0.39 is 6.10 Å². The van der Waals surface area contributed by atoms with Crippen LogP contribution in [0.15, 0.2) is 52.3 Å². The van der Waals surface area contributed by atoms with Crippen LogP contribution in [0.25, 0.3) is 0 Å². The van der Waals surface area contributed by atoms with Crippen LogP contribution in [-0.2, 0) is 4.79 Å². The summed E-state index contributed by atoms with van der Waals surface area (Å²) in [5, 5.41) is 9.79. The molecule has 1 amide bonds. The molecule has 102 valence electrons. The Hall–Kier alpha value is -1.85. The number of benzene rings is 2. The average Bonchev–Trinajstić information content (AvgIpc) is 2.66. The second-order valence-electron chi connectivity index (χ2n) is 4.58. The number of amides is 1. The van der Waals surface area contributed by atoms with Gasteiger partial charge in [0.1, 0.15) is 5.82 Å². The molecule has 1 atom stereocenters. The summed E-state index contributed by atoms with van der Waals surface area (Å²) in [6.07, 6.45) is -1.07. The average molecular weight is 289 g/mol. The lowest BCUT2D eigenvalue weighted by Crippen LogP contribution is -2.23. The maximum Gasteiger partial charge on any atom is 0.260 e. The van der Waals surface area contributed by atoms with Gasteiger partial charge in [-0.2, -0.15) is 0 Å². The molecule has 20 heavy (non-hydrogen) atoms. The summed E-state index contributed by atoms with van der Waals surface area (Å²) in [7, 11) is 1.64. The van der Waals surface area contributed by atoms with E-state index in [1.807, 2.05) is 12.1 Å². The zero-order chi connectivity index (χ0) is 14.3. The van der Waals surface area contributed by atoms with Crippen LogP contribution in [-0.4, -0.2) is 18.1 Å². The van der Waals surface area contributed by atoms with E-state index in [9.17, 15) is 14.3 Å². The zero-order valence-electron chi connectivity index (χ0n) is 10.7. The predicted molar refractivity (Wildman–Crippen MR) is 75.3 cm³/mol. The smallest absolute Gasteiger partial charge is 0.260 e. The van der Waals surface area contributed by atoms with Crippen LogP contribution < -0.4 is 4.90 Å². The second-order valence-corrected chi connectivity index (χ2v) is 5.72. The molecule has 5 heteroatoms. The Kier molecular flexibility index (Phi) is 3.23. The molecule has 2 aromatic rings. The highest BCUT2D eigenvalue weighted by Crippen LogP contribution is 2.39. The van der Waals surface area contributed by atoms with Crippen molar-refractivity contribution in [1.29, 1.82) is 0 Å². The van der Waals surface area contributed by atoms with Gasteiger partial charge in [-0.1, -0.05) is 17.8 Å². The minimum absolute atomic E-state index is 0.267. The third-order valence-electron chi connectivity index (χ3n) is 3.27. The largest absolute Gasteiger partial charge is 0.378 e. The lowest BCUT2D eigenvalue weighted by atomic mass is 10.1. The fourth-order valence-electron chi connectivity index (χ4n) is 2.18. The van der Waals surface area contributed by atoms with Crippen molar-refractivity contribution in [3.63, 3.8) is 0 Å². The van der Waals surface area contributed by atoms with E-state index in [1.54, 1.807) is 25.2 Å². The standard InChI is InChI=1S/C15H12FNO2S/c1-17-13-8-11(6-7-12(13)14(18)15(17)19)20-10-4-2-9(16)3-5-10/h2-8,14,18H,1H3. The number of aliphatic hydroxyl groups excluding tert-OH is 1. The third kappa shape index (κ3) is 2.19. The molecule has 3 nitrogen and oxygen atoms in total. The molecule has 0 aliphatic carbocycles. The van der Waals surface area contributed by atoms with Gasteiger partial charge in [-0.15, -0.1) is 0 Å². The zero-order valence-corrected chi connectivity index (χ0v) is 11.5. The lowest BCUT2D eigenvalue weighted by Gasteiger charge is -2.10. The van der Waals surface area contributed by atoms with Gasteiger partial charge in [0, 0.05) is 22.4 Å². The molecule has 0 aromatic heterocycles. The number of nitrogens with zero attached hydrogens (tertiary/aromatic N) is 1. The van der Waals surface area contributed by atoms with E-state index in [4.69, 9.17) is 0 Å². The Morgan fingerprint density at radius 3 is 2.50 bits per heavy atom. The van der Waals surface area contributed by atoms with Gasteiger partial charge in [-0.25, -0.2) is 4.39 Å². The van der Waals surface area contributed by atoms with Crippen LogP contribution in [0.5, 0.6) is 0 Å². The minimum Gasteiger partial charge on any atom is -0.378 e. The van der Waals surface area contributed by atoms with E-state index in [1.165, 1.54) is 28.8 Å². The third-order valence-corrected chi connectivity index (χ3v) is 4.27. The highest BCUT2D eigenvalue weighted by molar-refractivity contribution is 7.99.